The number of unbranched alkanes of at least 4 members (excludes halogenated alkanes) is 1. The summed E-state index contributed by atoms with van der Waals surface area (Å²) in [5, 5.41) is 8.74. The molecule has 1 saturated heterocycles. The SMILES string of the molecule is CCCCN1CC[C@@H](NC(=S)c2ccc(C)cc2)[C@@H](NC(=O)CNC(=O)c2cccc(C(F)(F)F)c2N)C1. The van der Waals surface area contributed by atoms with E-state index < -0.39 is 35.8 Å². The van der Waals surface area contributed by atoms with Crippen molar-refractivity contribution in [2.45, 2.75) is 51.4 Å². The second-order valence-corrected chi connectivity index (χ2v) is 9.92. The van der Waals surface area contributed by atoms with Crippen LogP contribution in [-0.2, 0) is 11.0 Å². The Bertz CT molecular complexity index is 1140. The molecule has 1 aliphatic heterocycles. The first-order chi connectivity index (χ1) is 18.0. The summed E-state index contributed by atoms with van der Waals surface area (Å²) in [5.41, 5.74) is 5.50. The Kier molecular flexibility index (Phi) is 10.1. The van der Waals surface area contributed by atoms with Gasteiger partial charge in [-0.3, -0.25) is 9.59 Å². The van der Waals surface area contributed by atoms with E-state index in [0.717, 1.165) is 55.6 Å². The maximum atomic E-state index is 13.1. The van der Waals surface area contributed by atoms with Gasteiger partial charge >= 0.3 is 6.18 Å². The lowest BCUT2D eigenvalue weighted by atomic mass is 9.98. The number of hydrogen-bond donors (Lipinski definition) is 4. The number of para-hydroxylation sites is 1. The standard InChI is InChI=1S/C27H34F3N5O2S/c1-3-4-13-35-14-12-21(34-26(38)18-10-8-17(2)9-11-18)22(16-35)33-23(36)15-32-25(37)19-6-5-7-20(24(19)31)27(28,29)30/h5-11,21-22H,3-4,12-16,31H2,1-2H3,(H,32,37)(H,33,36)(H,34,38)/t21-,22+/m1/s1. The van der Waals surface area contributed by atoms with Crippen molar-refractivity contribution >= 4 is 34.7 Å². The molecule has 0 bridgehead atoms. The predicted octanol–water partition coefficient (Wildman–Crippen LogP) is 3.65. The fourth-order valence-corrected chi connectivity index (χ4v) is 4.69. The molecule has 38 heavy (non-hydrogen) atoms. The Balaban J connectivity index is 1.64. The lowest BCUT2D eigenvalue weighted by molar-refractivity contribution is -0.137. The molecule has 2 aromatic carbocycles. The number of nitrogens with two attached hydrogens (primary N) is 1. The number of aryl methyl sites for hydroxylation is 1. The van der Waals surface area contributed by atoms with Gasteiger partial charge in [-0.1, -0.05) is 61.5 Å². The molecule has 2 aromatic rings. The van der Waals surface area contributed by atoms with Crippen LogP contribution in [0, 0.1) is 6.92 Å². The summed E-state index contributed by atoms with van der Waals surface area (Å²) in [4.78, 5) is 28.2. The number of amides is 2. The van der Waals surface area contributed by atoms with Gasteiger partial charge in [0.15, 0.2) is 0 Å². The van der Waals surface area contributed by atoms with Crippen LogP contribution in [0.5, 0.6) is 0 Å². The molecule has 0 radical (unpaired) electrons. The molecule has 1 aliphatic rings. The number of alkyl halides is 3. The number of likely N-dealkylation sites (tertiary alicyclic amines) is 1. The summed E-state index contributed by atoms with van der Waals surface area (Å²) < 4.78 is 39.4. The maximum absolute atomic E-state index is 13.1. The largest absolute Gasteiger partial charge is 0.418 e. The van der Waals surface area contributed by atoms with Gasteiger partial charge in [-0.2, -0.15) is 13.2 Å². The summed E-state index contributed by atoms with van der Waals surface area (Å²) in [6.07, 6.45) is -1.84. The number of hydrogen-bond acceptors (Lipinski definition) is 5. The van der Waals surface area contributed by atoms with Crippen LogP contribution in [0.2, 0.25) is 0 Å². The molecule has 2 atom stereocenters. The quantitative estimate of drug-likeness (QED) is 0.282. The summed E-state index contributed by atoms with van der Waals surface area (Å²) in [7, 11) is 0. The molecule has 0 aliphatic carbocycles. The summed E-state index contributed by atoms with van der Waals surface area (Å²) >= 11 is 5.61. The number of carbonyl (C=O) groups is 2. The number of benzene rings is 2. The average molecular weight is 550 g/mol. The van der Waals surface area contributed by atoms with E-state index >= 15 is 0 Å². The number of nitrogen functional groups attached to an aromatic ring is 1. The second-order valence-electron chi connectivity index (χ2n) is 9.51. The van der Waals surface area contributed by atoms with Gasteiger partial charge in [0.1, 0.15) is 4.99 Å². The number of thiocarbonyl (C=S) groups is 1. The molecule has 0 saturated carbocycles. The van der Waals surface area contributed by atoms with Gasteiger partial charge in [-0.25, -0.2) is 0 Å². The zero-order valence-corrected chi connectivity index (χ0v) is 22.3. The van der Waals surface area contributed by atoms with Crippen molar-refractivity contribution in [3.63, 3.8) is 0 Å². The van der Waals surface area contributed by atoms with Crippen molar-refractivity contribution < 1.29 is 22.8 Å². The van der Waals surface area contributed by atoms with Crippen LogP contribution < -0.4 is 21.7 Å². The molecule has 11 heteroatoms. The topological polar surface area (TPSA) is 99.5 Å². The minimum atomic E-state index is -4.69. The van der Waals surface area contributed by atoms with E-state index in [1.165, 1.54) is 6.07 Å². The van der Waals surface area contributed by atoms with Crippen LogP contribution in [-0.4, -0.2) is 60.0 Å². The first-order valence-electron chi connectivity index (χ1n) is 12.6. The Morgan fingerprint density at radius 3 is 2.47 bits per heavy atom. The highest BCUT2D eigenvalue weighted by molar-refractivity contribution is 7.80. The molecule has 1 heterocycles. The molecule has 0 spiro atoms. The fourth-order valence-electron chi connectivity index (χ4n) is 4.40. The summed E-state index contributed by atoms with van der Waals surface area (Å²) in [6.45, 7) is 6.07. The number of nitrogens with zero attached hydrogens (tertiary/aromatic N) is 1. The second kappa shape index (κ2) is 13.1. The molecule has 7 nitrogen and oxygen atoms in total. The lowest BCUT2D eigenvalue weighted by Crippen LogP contribution is -2.61. The predicted molar refractivity (Wildman–Crippen MR) is 146 cm³/mol. The molecule has 206 valence electrons. The molecule has 3 rings (SSSR count). The minimum absolute atomic E-state index is 0.125. The molecule has 5 N–H and O–H groups in total. The molecule has 1 fully saturated rings. The highest BCUT2D eigenvalue weighted by atomic mass is 32.1. The number of halogens is 3. The Hall–Kier alpha value is -3.18. The van der Waals surface area contributed by atoms with Crippen LogP contribution in [0.3, 0.4) is 0 Å². The third-order valence-electron chi connectivity index (χ3n) is 6.57. The van der Waals surface area contributed by atoms with Gasteiger partial charge in [0, 0.05) is 24.7 Å². The van der Waals surface area contributed by atoms with E-state index in [4.69, 9.17) is 18.0 Å². The Morgan fingerprint density at radius 2 is 1.82 bits per heavy atom. The zero-order chi connectivity index (χ0) is 27.9. The normalized spacial score (nSPS) is 18.0. The minimum Gasteiger partial charge on any atom is -0.398 e. The smallest absolute Gasteiger partial charge is 0.398 e. The zero-order valence-electron chi connectivity index (χ0n) is 21.5. The molecular formula is C27H34F3N5O2S. The first kappa shape index (κ1) is 29.4. The highest BCUT2D eigenvalue weighted by Crippen LogP contribution is 2.34. The van der Waals surface area contributed by atoms with E-state index in [9.17, 15) is 22.8 Å². The maximum Gasteiger partial charge on any atom is 0.418 e. The van der Waals surface area contributed by atoms with Crippen LogP contribution >= 0.6 is 12.2 Å². The monoisotopic (exact) mass is 549 g/mol. The number of nitrogens with one attached hydrogen (secondary N) is 3. The molecular weight excluding hydrogens is 515 g/mol. The van der Waals surface area contributed by atoms with Crippen molar-refractivity contribution in [3.05, 3.63) is 64.7 Å². The van der Waals surface area contributed by atoms with Crippen molar-refractivity contribution in [1.82, 2.24) is 20.9 Å². The first-order valence-corrected chi connectivity index (χ1v) is 13.0. The van der Waals surface area contributed by atoms with E-state index in [1.54, 1.807) is 0 Å². The van der Waals surface area contributed by atoms with E-state index in [1.807, 2.05) is 31.2 Å². The summed E-state index contributed by atoms with van der Waals surface area (Å²) in [6, 6.07) is 10.6. The number of anilines is 1. The highest BCUT2D eigenvalue weighted by Gasteiger charge is 2.34. The van der Waals surface area contributed by atoms with Crippen LogP contribution in [0.15, 0.2) is 42.5 Å². The molecule has 0 unspecified atom stereocenters. The van der Waals surface area contributed by atoms with Gasteiger partial charge < -0.3 is 26.6 Å². The van der Waals surface area contributed by atoms with Gasteiger partial charge in [-0.15, -0.1) is 0 Å². The molecule has 0 aromatic heterocycles. The molecule has 2 amide bonds. The van der Waals surface area contributed by atoms with E-state index in [-0.39, 0.29) is 17.6 Å². The number of rotatable bonds is 9. The van der Waals surface area contributed by atoms with Gasteiger partial charge in [0.05, 0.1) is 29.4 Å². The van der Waals surface area contributed by atoms with Crippen molar-refractivity contribution in [1.29, 1.82) is 0 Å². The van der Waals surface area contributed by atoms with E-state index in [0.29, 0.717) is 11.5 Å². The third kappa shape index (κ3) is 7.91. The Labute approximate surface area is 226 Å². The van der Waals surface area contributed by atoms with Crippen molar-refractivity contribution in [3.8, 4) is 0 Å². The fraction of sp³-hybridized carbons (Fsp3) is 0.444. The van der Waals surface area contributed by atoms with Gasteiger partial charge in [0.25, 0.3) is 5.91 Å². The van der Waals surface area contributed by atoms with Crippen molar-refractivity contribution in [2.24, 2.45) is 0 Å². The van der Waals surface area contributed by atoms with Crippen LogP contribution in [0.1, 0.15) is 53.2 Å². The van der Waals surface area contributed by atoms with Gasteiger partial charge in [-0.05, 0) is 38.4 Å². The number of carbonyl (C=O) groups excluding carboxylic acids is 2. The van der Waals surface area contributed by atoms with Crippen molar-refractivity contribution in [2.75, 3.05) is 31.9 Å². The van der Waals surface area contributed by atoms with E-state index in [2.05, 4.69) is 27.8 Å². The van der Waals surface area contributed by atoms with Crippen LogP contribution in [0.25, 0.3) is 0 Å². The Morgan fingerprint density at radius 1 is 1.11 bits per heavy atom. The van der Waals surface area contributed by atoms with Crippen LogP contribution in [0.4, 0.5) is 18.9 Å². The summed E-state index contributed by atoms with van der Waals surface area (Å²) in [5.74, 6) is -1.31. The average Bonchev–Trinajstić information content (AvgIpc) is 2.87. The number of piperidine rings is 1. The lowest BCUT2D eigenvalue weighted by Gasteiger charge is -2.39. The van der Waals surface area contributed by atoms with Gasteiger partial charge in [0.2, 0.25) is 5.91 Å². The third-order valence-corrected chi connectivity index (χ3v) is 6.92.